The van der Waals surface area contributed by atoms with E-state index in [2.05, 4.69) is 0 Å². The zero-order valence-electron chi connectivity index (χ0n) is 8.44. The summed E-state index contributed by atoms with van der Waals surface area (Å²) < 4.78 is 0. The summed E-state index contributed by atoms with van der Waals surface area (Å²) in [6, 6.07) is -0.215. The molecule has 1 aliphatic carbocycles. The van der Waals surface area contributed by atoms with E-state index in [9.17, 15) is 14.4 Å². The number of carboxylic acid groups (broad SMARTS) is 1. The second-order valence-electron chi connectivity index (χ2n) is 3.93. The highest BCUT2D eigenvalue weighted by molar-refractivity contribution is 6.36. The Bertz CT molecular complexity index is 287. The van der Waals surface area contributed by atoms with Crippen LogP contribution < -0.4 is 5.73 Å². The Labute approximate surface area is 87.6 Å². The molecule has 0 saturated heterocycles. The van der Waals surface area contributed by atoms with Crippen molar-refractivity contribution in [2.24, 2.45) is 11.7 Å². The van der Waals surface area contributed by atoms with Crippen LogP contribution in [0, 0.1) is 5.92 Å². The molecule has 0 aromatic rings. The van der Waals surface area contributed by atoms with E-state index >= 15 is 0 Å². The summed E-state index contributed by atoms with van der Waals surface area (Å²) in [5, 5.41) is 8.36. The molecule has 3 N–H and O–H groups in total. The topological polar surface area (TPSA) is 97.5 Å². The molecule has 0 heterocycles. The molecule has 1 saturated carbocycles. The van der Waals surface area contributed by atoms with E-state index in [0.29, 0.717) is 6.42 Å². The summed E-state index contributed by atoms with van der Waals surface area (Å²) in [5.41, 5.74) is 5.75. The molecule has 2 unspecified atom stereocenters. The molecular formula is C10H15NO4. The predicted molar refractivity (Wildman–Crippen MR) is 52.2 cm³/mol. The van der Waals surface area contributed by atoms with E-state index in [-0.39, 0.29) is 17.7 Å². The van der Waals surface area contributed by atoms with Crippen LogP contribution in [0.5, 0.6) is 0 Å². The van der Waals surface area contributed by atoms with Gasteiger partial charge in [0.1, 0.15) is 5.78 Å². The van der Waals surface area contributed by atoms with E-state index in [1.54, 1.807) is 0 Å². The average molecular weight is 213 g/mol. The normalized spacial score (nSPS) is 25.9. The van der Waals surface area contributed by atoms with Crippen molar-refractivity contribution >= 4 is 17.5 Å². The summed E-state index contributed by atoms with van der Waals surface area (Å²) in [4.78, 5) is 32.7. The third kappa shape index (κ3) is 3.13. The number of rotatable bonds is 4. The molecule has 0 spiro atoms. The van der Waals surface area contributed by atoms with Gasteiger partial charge >= 0.3 is 5.97 Å². The monoisotopic (exact) mass is 213 g/mol. The van der Waals surface area contributed by atoms with Crippen LogP contribution in [-0.4, -0.2) is 28.7 Å². The number of aliphatic carboxylic acids is 1. The van der Waals surface area contributed by atoms with Crippen LogP contribution in [0.2, 0.25) is 0 Å². The number of carbonyl (C=O) groups is 3. The summed E-state index contributed by atoms with van der Waals surface area (Å²) in [5.74, 6) is -3.25. The van der Waals surface area contributed by atoms with E-state index in [1.165, 1.54) is 0 Å². The second kappa shape index (κ2) is 5.02. The van der Waals surface area contributed by atoms with E-state index in [4.69, 9.17) is 10.8 Å². The van der Waals surface area contributed by atoms with Gasteiger partial charge in [0.2, 0.25) is 5.78 Å². The van der Waals surface area contributed by atoms with Gasteiger partial charge in [-0.1, -0.05) is 12.8 Å². The van der Waals surface area contributed by atoms with Crippen LogP contribution in [0.15, 0.2) is 0 Å². The maximum atomic E-state index is 11.6. The van der Waals surface area contributed by atoms with Gasteiger partial charge in [-0.25, -0.2) is 4.79 Å². The number of hydrogen-bond donors (Lipinski definition) is 2. The molecule has 15 heavy (non-hydrogen) atoms. The molecule has 0 radical (unpaired) electrons. The Morgan fingerprint density at radius 3 is 2.33 bits per heavy atom. The lowest BCUT2D eigenvalue weighted by Gasteiger charge is -2.26. The summed E-state index contributed by atoms with van der Waals surface area (Å²) in [6.07, 6.45) is 2.85. The van der Waals surface area contributed by atoms with Crippen molar-refractivity contribution in [2.75, 3.05) is 0 Å². The lowest BCUT2D eigenvalue weighted by atomic mass is 9.81. The Morgan fingerprint density at radius 2 is 1.80 bits per heavy atom. The smallest absolute Gasteiger partial charge is 0.372 e. The van der Waals surface area contributed by atoms with Crippen LogP contribution in [0.25, 0.3) is 0 Å². The number of carboxylic acids is 1. The average Bonchev–Trinajstić information content (AvgIpc) is 2.18. The van der Waals surface area contributed by atoms with Crippen molar-refractivity contribution < 1.29 is 19.5 Å². The van der Waals surface area contributed by atoms with Crippen molar-refractivity contribution in [3.05, 3.63) is 0 Å². The maximum Gasteiger partial charge on any atom is 0.372 e. The molecule has 2 atom stereocenters. The van der Waals surface area contributed by atoms with Gasteiger partial charge in [0.05, 0.1) is 6.42 Å². The van der Waals surface area contributed by atoms with Gasteiger partial charge in [-0.3, -0.25) is 9.59 Å². The van der Waals surface area contributed by atoms with Crippen LogP contribution in [0.3, 0.4) is 0 Å². The molecule has 0 amide bonds. The van der Waals surface area contributed by atoms with E-state index < -0.39 is 18.2 Å². The fourth-order valence-corrected chi connectivity index (χ4v) is 1.92. The van der Waals surface area contributed by atoms with Gasteiger partial charge in [-0.15, -0.1) is 0 Å². The number of carbonyl (C=O) groups excluding carboxylic acids is 2. The molecule has 5 nitrogen and oxygen atoms in total. The first-order valence-corrected chi connectivity index (χ1v) is 5.06. The number of ketones is 2. The molecule has 0 bridgehead atoms. The molecule has 1 rings (SSSR count). The van der Waals surface area contributed by atoms with Gasteiger partial charge < -0.3 is 10.8 Å². The van der Waals surface area contributed by atoms with Crippen molar-refractivity contribution in [3.63, 3.8) is 0 Å². The third-order valence-electron chi connectivity index (χ3n) is 2.81. The number of hydrogen-bond acceptors (Lipinski definition) is 4. The van der Waals surface area contributed by atoms with Gasteiger partial charge in [-0.2, -0.15) is 0 Å². The molecule has 1 aliphatic rings. The number of nitrogens with two attached hydrogens (primary N) is 1. The summed E-state index contributed by atoms with van der Waals surface area (Å²) in [7, 11) is 0. The zero-order valence-corrected chi connectivity index (χ0v) is 8.44. The first-order valence-electron chi connectivity index (χ1n) is 5.06. The SMILES string of the molecule is NC1CCCCC1C(=O)CC(=O)C(=O)O. The standard InChI is InChI=1S/C10H15NO4/c11-7-4-2-1-3-6(7)8(12)5-9(13)10(14)15/h6-7H,1-5,11H2,(H,14,15). The third-order valence-corrected chi connectivity index (χ3v) is 2.81. The number of Topliss-reactive ketones (excluding diaryl/α,β-unsaturated/α-hetero) is 2. The first kappa shape index (κ1) is 11.8. The predicted octanol–water partition coefficient (Wildman–Crippen LogP) is 0.117. The minimum Gasteiger partial charge on any atom is -0.475 e. The minimum atomic E-state index is -1.55. The molecular weight excluding hydrogens is 198 g/mol. The van der Waals surface area contributed by atoms with E-state index in [1.807, 2.05) is 0 Å². The van der Waals surface area contributed by atoms with Crippen LogP contribution in [-0.2, 0) is 14.4 Å². The molecule has 5 heteroatoms. The molecule has 1 fully saturated rings. The Kier molecular flexibility index (Phi) is 3.96. The summed E-state index contributed by atoms with van der Waals surface area (Å²) in [6.45, 7) is 0. The second-order valence-corrected chi connectivity index (χ2v) is 3.93. The van der Waals surface area contributed by atoms with Crippen LogP contribution >= 0.6 is 0 Å². The Hall–Kier alpha value is -1.23. The Balaban J connectivity index is 2.52. The lowest BCUT2D eigenvalue weighted by Crippen LogP contribution is -2.39. The van der Waals surface area contributed by atoms with Crippen LogP contribution in [0.4, 0.5) is 0 Å². The van der Waals surface area contributed by atoms with Crippen molar-refractivity contribution in [1.82, 2.24) is 0 Å². The van der Waals surface area contributed by atoms with E-state index in [0.717, 1.165) is 19.3 Å². The first-order chi connectivity index (χ1) is 7.02. The molecule has 0 aliphatic heterocycles. The molecule has 84 valence electrons. The van der Waals surface area contributed by atoms with Crippen LogP contribution in [0.1, 0.15) is 32.1 Å². The minimum absolute atomic E-state index is 0.215. The van der Waals surface area contributed by atoms with Crippen molar-refractivity contribution in [3.8, 4) is 0 Å². The van der Waals surface area contributed by atoms with Gasteiger partial charge in [-0.05, 0) is 12.8 Å². The Morgan fingerprint density at radius 1 is 1.20 bits per heavy atom. The fraction of sp³-hybridized carbons (Fsp3) is 0.700. The highest BCUT2D eigenvalue weighted by atomic mass is 16.4. The van der Waals surface area contributed by atoms with Crippen molar-refractivity contribution in [2.45, 2.75) is 38.1 Å². The lowest BCUT2D eigenvalue weighted by molar-refractivity contribution is -0.150. The quantitative estimate of drug-likeness (QED) is 0.510. The maximum absolute atomic E-state index is 11.6. The van der Waals surface area contributed by atoms with Gasteiger partial charge in [0.15, 0.2) is 0 Å². The largest absolute Gasteiger partial charge is 0.475 e. The van der Waals surface area contributed by atoms with Gasteiger partial charge in [0.25, 0.3) is 0 Å². The van der Waals surface area contributed by atoms with Gasteiger partial charge in [0, 0.05) is 12.0 Å². The fourth-order valence-electron chi connectivity index (χ4n) is 1.92. The zero-order chi connectivity index (χ0) is 11.4. The highest BCUT2D eigenvalue weighted by Gasteiger charge is 2.30. The molecule has 0 aromatic heterocycles. The molecule has 0 aromatic carbocycles. The van der Waals surface area contributed by atoms with Crippen molar-refractivity contribution in [1.29, 1.82) is 0 Å². The highest BCUT2D eigenvalue weighted by Crippen LogP contribution is 2.24. The summed E-state index contributed by atoms with van der Waals surface area (Å²) >= 11 is 0.